The number of hydrogen-bond donors (Lipinski definition) is 0. The molecule has 10 heteroatoms. The summed E-state index contributed by atoms with van der Waals surface area (Å²) in [5, 5.41) is 4.89. The second-order valence-corrected chi connectivity index (χ2v) is 8.48. The van der Waals surface area contributed by atoms with Crippen LogP contribution in [0.15, 0.2) is 71.7 Å². The van der Waals surface area contributed by atoms with Gasteiger partial charge in [0.1, 0.15) is 5.69 Å². The summed E-state index contributed by atoms with van der Waals surface area (Å²) in [6.07, 6.45) is 1.85. The van der Waals surface area contributed by atoms with Crippen LogP contribution in [0.25, 0.3) is 11.4 Å². The minimum Gasteiger partial charge on any atom is -0.461 e. The number of carbonyl (C=O) groups excluding carboxylic acids is 2. The zero-order valence-corrected chi connectivity index (χ0v) is 19.9. The molecule has 1 aliphatic rings. The molecular weight excluding hydrogens is 487 g/mol. The Labute approximate surface area is 210 Å². The fraction of sp³-hybridized carbons (Fsp3) is 0.154. The maximum atomic E-state index is 13.7. The monoisotopic (exact) mass is 506 g/mol. The third-order valence-corrected chi connectivity index (χ3v) is 6.11. The van der Waals surface area contributed by atoms with Crippen molar-refractivity contribution in [3.8, 4) is 11.4 Å². The molecular formula is C26H20ClFN4O4. The third kappa shape index (κ3) is 4.07. The number of amides is 1. The molecule has 1 amide bonds. The minimum atomic E-state index is -0.855. The second kappa shape index (κ2) is 9.43. The van der Waals surface area contributed by atoms with Crippen molar-refractivity contribution in [2.24, 2.45) is 0 Å². The minimum absolute atomic E-state index is 0.0978. The molecule has 0 atom stereocenters. The molecule has 0 aliphatic carbocycles. The maximum absolute atomic E-state index is 13.7. The lowest BCUT2D eigenvalue weighted by Gasteiger charge is -2.28. The topological polar surface area (TPSA) is 86.4 Å². The van der Waals surface area contributed by atoms with Crippen LogP contribution in [0, 0.1) is 5.82 Å². The van der Waals surface area contributed by atoms with Gasteiger partial charge in [-0.3, -0.25) is 14.2 Å². The van der Waals surface area contributed by atoms with Crippen molar-refractivity contribution in [2.75, 3.05) is 18.1 Å². The van der Waals surface area contributed by atoms with Crippen LogP contribution in [-0.2, 0) is 11.2 Å². The highest BCUT2D eigenvalue weighted by molar-refractivity contribution is 6.30. The number of hydrogen-bond acceptors (Lipinski definition) is 5. The fourth-order valence-corrected chi connectivity index (χ4v) is 4.41. The second-order valence-electron chi connectivity index (χ2n) is 8.04. The molecule has 3 heterocycles. The molecule has 0 N–H and O–H groups in total. The Bertz CT molecular complexity index is 1540. The standard InChI is InChI=1S/C26H20ClFN4O4/c1-2-36-26(35)22-20-12-14-31(25(34)23(20)32(29-22)19-6-3-5-16(27)15-19)18-10-8-17(9-11-18)30-13-4-7-21(28)24(30)33/h3-11,13,15H,2,12,14H2,1H3. The number of fused-ring (bicyclic) bond motifs is 1. The molecule has 4 aromatic rings. The van der Waals surface area contributed by atoms with E-state index in [0.29, 0.717) is 40.6 Å². The van der Waals surface area contributed by atoms with Gasteiger partial charge in [-0.05, 0) is 67.9 Å². The molecule has 0 saturated carbocycles. The number of halogens is 2. The van der Waals surface area contributed by atoms with E-state index in [1.54, 1.807) is 60.4 Å². The van der Waals surface area contributed by atoms with E-state index in [1.807, 2.05) is 0 Å². The highest BCUT2D eigenvalue weighted by Gasteiger charge is 2.35. The first-order chi connectivity index (χ1) is 17.4. The van der Waals surface area contributed by atoms with Crippen LogP contribution >= 0.6 is 11.6 Å². The fourth-order valence-electron chi connectivity index (χ4n) is 4.23. The largest absolute Gasteiger partial charge is 0.461 e. The van der Waals surface area contributed by atoms with Gasteiger partial charge in [-0.25, -0.2) is 13.9 Å². The summed E-state index contributed by atoms with van der Waals surface area (Å²) in [6.45, 7) is 2.18. The molecule has 5 rings (SSSR count). The van der Waals surface area contributed by atoms with E-state index in [1.165, 1.54) is 21.5 Å². The van der Waals surface area contributed by atoms with Crippen molar-refractivity contribution < 1.29 is 18.7 Å². The number of anilines is 1. The van der Waals surface area contributed by atoms with E-state index < -0.39 is 17.3 Å². The molecule has 1 aliphatic heterocycles. The number of esters is 1. The number of aromatic nitrogens is 3. The number of ether oxygens (including phenoxy) is 1. The Morgan fingerprint density at radius 2 is 1.81 bits per heavy atom. The summed E-state index contributed by atoms with van der Waals surface area (Å²) in [4.78, 5) is 40.0. The molecule has 0 saturated heterocycles. The van der Waals surface area contributed by atoms with E-state index in [2.05, 4.69) is 5.10 Å². The maximum Gasteiger partial charge on any atom is 0.359 e. The predicted octanol–water partition coefficient (Wildman–Crippen LogP) is 4.20. The van der Waals surface area contributed by atoms with Crippen molar-refractivity contribution in [3.63, 3.8) is 0 Å². The normalized spacial score (nSPS) is 13.0. The Morgan fingerprint density at radius 3 is 2.53 bits per heavy atom. The molecule has 0 bridgehead atoms. The zero-order chi connectivity index (χ0) is 25.4. The number of carbonyl (C=O) groups is 2. The van der Waals surface area contributed by atoms with Gasteiger partial charge < -0.3 is 9.64 Å². The van der Waals surface area contributed by atoms with Gasteiger partial charge in [0.15, 0.2) is 11.5 Å². The summed E-state index contributed by atoms with van der Waals surface area (Å²) in [5.74, 6) is -1.80. The average molecular weight is 507 g/mol. The van der Waals surface area contributed by atoms with Crippen LogP contribution in [0.1, 0.15) is 33.5 Å². The van der Waals surface area contributed by atoms with Crippen LogP contribution in [0.5, 0.6) is 0 Å². The lowest BCUT2D eigenvalue weighted by Crippen LogP contribution is -2.39. The van der Waals surface area contributed by atoms with E-state index >= 15 is 0 Å². The van der Waals surface area contributed by atoms with Crippen molar-refractivity contribution in [2.45, 2.75) is 13.3 Å². The van der Waals surface area contributed by atoms with Gasteiger partial charge in [0.2, 0.25) is 0 Å². The lowest BCUT2D eigenvalue weighted by molar-refractivity contribution is 0.0517. The highest BCUT2D eigenvalue weighted by atomic mass is 35.5. The van der Waals surface area contributed by atoms with Crippen LogP contribution < -0.4 is 10.5 Å². The Kier molecular flexibility index (Phi) is 6.15. The molecule has 0 unspecified atom stereocenters. The highest BCUT2D eigenvalue weighted by Crippen LogP contribution is 2.30. The summed E-state index contributed by atoms with van der Waals surface area (Å²) in [6, 6.07) is 16.0. The summed E-state index contributed by atoms with van der Waals surface area (Å²) >= 11 is 6.17. The van der Waals surface area contributed by atoms with E-state index in [-0.39, 0.29) is 23.9 Å². The van der Waals surface area contributed by atoms with Crippen LogP contribution in [-0.4, -0.2) is 39.4 Å². The van der Waals surface area contributed by atoms with Crippen molar-refractivity contribution in [3.05, 3.63) is 105 Å². The predicted molar refractivity (Wildman–Crippen MR) is 132 cm³/mol. The SMILES string of the molecule is CCOC(=O)c1nn(-c2cccc(Cl)c2)c2c1CCN(c1ccc(-n3cccc(F)c3=O)cc1)C2=O. The molecule has 36 heavy (non-hydrogen) atoms. The lowest BCUT2D eigenvalue weighted by atomic mass is 10.0. The van der Waals surface area contributed by atoms with Crippen molar-refractivity contribution in [1.29, 1.82) is 0 Å². The Morgan fingerprint density at radius 1 is 1.06 bits per heavy atom. The average Bonchev–Trinajstić information content (AvgIpc) is 3.27. The first-order valence-corrected chi connectivity index (χ1v) is 11.6. The van der Waals surface area contributed by atoms with Gasteiger partial charge in [-0.1, -0.05) is 17.7 Å². The van der Waals surface area contributed by atoms with Gasteiger partial charge in [0.25, 0.3) is 11.5 Å². The first kappa shape index (κ1) is 23.5. The first-order valence-electron chi connectivity index (χ1n) is 11.2. The van der Waals surface area contributed by atoms with Crippen molar-refractivity contribution >= 4 is 29.2 Å². The van der Waals surface area contributed by atoms with E-state index in [0.717, 1.165) is 6.07 Å². The Balaban J connectivity index is 1.55. The molecule has 0 fully saturated rings. The van der Waals surface area contributed by atoms with E-state index in [4.69, 9.17) is 16.3 Å². The van der Waals surface area contributed by atoms with Crippen LogP contribution in [0.4, 0.5) is 10.1 Å². The summed E-state index contributed by atoms with van der Waals surface area (Å²) in [5.41, 5.74) is 1.67. The van der Waals surface area contributed by atoms with Gasteiger partial charge in [-0.2, -0.15) is 5.10 Å². The summed E-state index contributed by atoms with van der Waals surface area (Å²) in [7, 11) is 0. The Hall–Kier alpha value is -4.24. The van der Waals surface area contributed by atoms with Gasteiger partial charge in [0.05, 0.1) is 12.3 Å². The van der Waals surface area contributed by atoms with Gasteiger partial charge in [-0.15, -0.1) is 0 Å². The molecule has 8 nitrogen and oxygen atoms in total. The van der Waals surface area contributed by atoms with Gasteiger partial charge >= 0.3 is 5.97 Å². The van der Waals surface area contributed by atoms with E-state index in [9.17, 15) is 18.8 Å². The molecule has 182 valence electrons. The van der Waals surface area contributed by atoms with Gasteiger partial charge in [0, 0.05) is 34.7 Å². The number of benzene rings is 2. The zero-order valence-electron chi connectivity index (χ0n) is 19.1. The number of rotatable bonds is 5. The van der Waals surface area contributed by atoms with Crippen LogP contribution in [0.3, 0.4) is 0 Å². The molecule has 2 aromatic carbocycles. The number of nitrogens with zero attached hydrogens (tertiary/aromatic N) is 4. The van der Waals surface area contributed by atoms with Crippen LogP contribution in [0.2, 0.25) is 5.02 Å². The quantitative estimate of drug-likeness (QED) is 0.379. The smallest absolute Gasteiger partial charge is 0.359 e. The number of pyridine rings is 1. The summed E-state index contributed by atoms with van der Waals surface area (Å²) < 4.78 is 21.5. The molecule has 0 spiro atoms. The molecule has 2 aromatic heterocycles. The third-order valence-electron chi connectivity index (χ3n) is 5.88. The van der Waals surface area contributed by atoms with Crippen molar-refractivity contribution in [1.82, 2.24) is 14.3 Å². The molecule has 0 radical (unpaired) electrons.